The van der Waals surface area contributed by atoms with Gasteiger partial charge in [-0.1, -0.05) is 49.4 Å². The summed E-state index contributed by atoms with van der Waals surface area (Å²) in [6.07, 6.45) is 0.923. The van der Waals surface area contributed by atoms with Crippen LogP contribution in [0.1, 0.15) is 40.1 Å². The lowest BCUT2D eigenvalue weighted by atomic mass is 10.1. The molecule has 0 bridgehead atoms. The summed E-state index contributed by atoms with van der Waals surface area (Å²) in [6.45, 7) is 7.88. The van der Waals surface area contributed by atoms with Crippen molar-refractivity contribution in [1.82, 2.24) is 14.8 Å². The van der Waals surface area contributed by atoms with Gasteiger partial charge in [0.1, 0.15) is 5.75 Å². The van der Waals surface area contributed by atoms with Gasteiger partial charge in [0.2, 0.25) is 0 Å². The number of carboxylic acids is 1. The monoisotopic (exact) mass is 517 g/mol. The van der Waals surface area contributed by atoms with Gasteiger partial charge in [0.15, 0.2) is 0 Å². The van der Waals surface area contributed by atoms with Crippen molar-refractivity contribution in [2.24, 2.45) is 0 Å². The minimum Gasteiger partial charge on any atom is -0.478 e. The molecule has 0 saturated carbocycles. The number of aromatic nitrogens is 1. The van der Waals surface area contributed by atoms with E-state index in [1.54, 1.807) is 12.1 Å². The third kappa shape index (κ3) is 6.72. The fourth-order valence-electron chi connectivity index (χ4n) is 4.12. The molecule has 1 aliphatic heterocycles. The summed E-state index contributed by atoms with van der Waals surface area (Å²) in [5.74, 6) is -0.269. The molecule has 1 aliphatic rings. The zero-order valence-corrected chi connectivity index (χ0v) is 21.9. The Morgan fingerprint density at radius 1 is 0.892 bits per heavy atom. The minimum absolute atomic E-state index is 0.0506. The van der Waals surface area contributed by atoms with Crippen molar-refractivity contribution in [3.8, 4) is 10.9 Å². The number of para-hydroxylation sites is 1. The lowest BCUT2D eigenvalue weighted by Crippen LogP contribution is -2.49. The minimum atomic E-state index is -0.993. The van der Waals surface area contributed by atoms with Gasteiger partial charge < -0.3 is 14.7 Å². The van der Waals surface area contributed by atoms with Crippen LogP contribution in [0.4, 0.5) is 0 Å². The molecule has 7 nitrogen and oxygen atoms in total. The number of amides is 1. The summed E-state index contributed by atoms with van der Waals surface area (Å²) < 4.78 is 7.04. The van der Waals surface area contributed by atoms with E-state index in [1.165, 1.54) is 29.0 Å². The second-order valence-corrected chi connectivity index (χ2v) is 9.45. The molecule has 0 spiro atoms. The first kappa shape index (κ1) is 26.3. The highest BCUT2D eigenvalue weighted by Gasteiger charge is 2.22. The number of carbonyl (C=O) groups excluding carboxylic acids is 1. The van der Waals surface area contributed by atoms with Crippen LogP contribution in [-0.2, 0) is 6.42 Å². The molecule has 192 valence electrons. The number of hydrogen-bond acceptors (Lipinski definition) is 6. The van der Waals surface area contributed by atoms with Crippen LogP contribution in [0.3, 0.4) is 0 Å². The van der Waals surface area contributed by atoms with Crippen molar-refractivity contribution in [1.29, 1.82) is 0 Å². The fourth-order valence-corrected chi connectivity index (χ4v) is 4.95. The molecule has 1 aromatic heterocycles. The highest BCUT2D eigenvalue weighted by Crippen LogP contribution is 2.31. The number of piperazine rings is 1. The molecule has 5 rings (SSSR count). The number of rotatable bonds is 7. The molecule has 1 amide bonds. The zero-order chi connectivity index (χ0) is 26.2. The average Bonchev–Trinajstić information content (AvgIpc) is 3.36. The standard InChI is InChI=1S/C27H25N3O4S.C2H6/c31-25(20-7-9-21(10-8-20)26(32)33)30-17-15-29(16-18-30)14-13-19-5-11-22(12-6-19)34-27-28-23-3-1-2-4-24(23)35-27;1-2/h1-12H,13-18H2,(H,32,33);1-2H3. The van der Waals surface area contributed by atoms with Gasteiger partial charge in [0, 0.05) is 38.3 Å². The Morgan fingerprint density at radius 3 is 2.19 bits per heavy atom. The molecular formula is C29H31N3O4S. The van der Waals surface area contributed by atoms with Gasteiger partial charge in [-0.2, -0.15) is 0 Å². The van der Waals surface area contributed by atoms with Crippen molar-refractivity contribution in [2.75, 3.05) is 32.7 Å². The van der Waals surface area contributed by atoms with Crippen molar-refractivity contribution in [2.45, 2.75) is 20.3 Å². The molecule has 37 heavy (non-hydrogen) atoms. The van der Waals surface area contributed by atoms with Gasteiger partial charge in [-0.25, -0.2) is 9.78 Å². The Balaban J connectivity index is 0.00000156. The Morgan fingerprint density at radius 2 is 1.54 bits per heavy atom. The van der Waals surface area contributed by atoms with Crippen LogP contribution < -0.4 is 4.74 Å². The normalized spacial score (nSPS) is 13.6. The molecule has 4 aromatic rings. The maximum Gasteiger partial charge on any atom is 0.335 e. The second-order valence-electron chi connectivity index (χ2n) is 8.46. The number of hydrogen-bond donors (Lipinski definition) is 1. The van der Waals surface area contributed by atoms with E-state index < -0.39 is 5.97 Å². The van der Waals surface area contributed by atoms with Gasteiger partial charge in [0.05, 0.1) is 15.8 Å². The number of aromatic carboxylic acids is 1. The van der Waals surface area contributed by atoms with Gasteiger partial charge in [-0.3, -0.25) is 9.69 Å². The van der Waals surface area contributed by atoms with Crippen molar-refractivity contribution < 1.29 is 19.4 Å². The number of fused-ring (bicyclic) bond motifs is 1. The second kappa shape index (κ2) is 12.5. The summed E-state index contributed by atoms with van der Waals surface area (Å²) >= 11 is 1.54. The Bertz CT molecular complexity index is 1290. The highest BCUT2D eigenvalue weighted by molar-refractivity contribution is 7.20. The van der Waals surface area contributed by atoms with Crippen LogP contribution in [-0.4, -0.2) is 64.5 Å². The summed E-state index contributed by atoms with van der Waals surface area (Å²) in [4.78, 5) is 32.4. The molecule has 1 fully saturated rings. The van der Waals surface area contributed by atoms with Crippen molar-refractivity contribution in [3.63, 3.8) is 0 Å². The van der Waals surface area contributed by atoms with Crippen LogP contribution in [0.5, 0.6) is 10.9 Å². The molecule has 2 heterocycles. The number of carboxylic acid groups (broad SMARTS) is 1. The summed E-state index contributed by atoms with van der Waals surface area (Å²) in [5, 5.41) is 9.66. The first-order valence-corrected chi connectivity index (χ1v) is 13.3. The summed E-state index contributed by atoms with van der Waals surface area (Å²) in [7, 11) is 0. The van der Waals surface area contributed by atoms with E-state index in [9.17, 15) is 9.59 Å². The van der Waals surface area contributed by atoms with Gasteiger partial charge in [0.25, 0.3) is 11.1 Å². The van der Waals surface area contributed by atoms with E-state index in [0.717, 1.165) is 42.0 Å². The van der Waals surface area contributed by atoms with E-state index in [0.29, 0.717) is 23.8 Å². The quantitative estimate of drug-likeness (QED) is 0.333. The van der Waals surface area contributed by atoms with E-state index in [4.69, 9.17) is 9.84 Å². The molecular weight excluding hydrogens is 486 g/mol. The first-order valence-electron chi connectivity index (χ1n) is 12.5. The van der Waals surface area contributed by atoms with E-state index in [2.05, 4.69) is 22.0 Å². The predicted molar refractivity (Wildman–Crippen MR) is 147 cm³/mol. The third-order valence-electron chi connectivity index (χ3n) is 6.16. The number of carbonyl (C=O) groups is 2. The van der Waals surface area contributed by atoms with Crippen LogP contribution in [0.15, 0.2) is 72.8 Å². The van der Waals surface area contributed by atoms with E-state index >= 15 is 0 Å². The maximum absolute atomic E-state index is 12.7. The molecule has 1 saturated heterocycles. The smallest absolute Gasteiger partial charge is 0.335 e. The Labute approximate surface area is 220 Å². The molecule has 0 unspecified atom stereocenters. The Kier molecular flexibility index (Phi) is 8.87. The summed E-state index contributed by atoms with van der Waals surface area (Å²) in [5.41, 5.74) is 2.89. The number of benzene rings is 3. The summed E-state index contributed by atoms with van der Waals surface area (Å²) in [6, 6.07) is 22.2. The fraction of sp³-hybridized carbons (Fsp3) is 0.276. The maximum atomic E-state index is 12.7. The molecule has 0 radical (unpaired) electrons. The third-order valence-corrected chi connectivity index (χ3v) is 7.07. The highest BCUT2D eigenvalue weighted by atomic mass is 32.1. The van der Waals surface area contributed by atoms with Crippen molar-refractivity contribution >= 4 is 33.4 Å². The number of thiazole rings is 1. The molecule has 8 heteroatoms. The number of ether oxygens (including phenoxy) is 1. The van der Waals surface area contributed by atoms with Crippen LogP contribution in [0.25, 0.3) is 10.2 Å². The SMILES string of the molecule is CC.O=C(O)c1ccc(C(=O)N2CCN(CCc3ccc(Oc4nc5ccccc5s4)cc3)CC2)cc1. The van der Waals surface area contributed by atoms with Gasteiger partial charge in [-0.15, -0.1) is 0 Å². The zero-order valence-electron chi connectivity index (χ0n) is 21.1. The van der Waals surface area contributed by atoms with Crippen LogP contribution in [0.2, 0.25) is 0 Å². The van der Waals surface area contributed by atoms with Crippen LogP contribution in [0, 0.1) is 0 Å². The van der Waals surface area contributed by atoms with E-state index in [-0.39, 0.29) is 11.5 Å². The first-order chi connectivity index (χ1) is 18.0. The van der Waals surface area contributed by atoms with E-state index in [1.807, 2.05) is 55.1 Å². The Hall–Kier alpha value is -3.75. The predicted octanol–water partition coefficient (Wildman–Crippen LogP) is 5.81. The molecule has 0 atom stereocenters. The van der Waals surface area contributed by atoms with Crippen molar-refractivity contribution in [3.05, 3.63) is 89.5 Å². The van der Waals surface area contributed by atoms with Crippen LogP contribution >= 0.6 is 11.3 Å². The lowest BCUT2D eigenvalue weighted by molar-refractivity contribution is 0.0636. The number of nitrogens with zero attached hydrogens (tertiary/aromatic N) is 3. The van der Waals surface area contributed by atoms with Gasteiger partial charge in [-0.05, 0) is 60.5 Å². The topological polar surface area (TPSA) is 83.0 Å². The molecule has 1 N–H and O–H groups in total. The molecule has 3 aromatic carbocycles. The lowest BCUT2D eigenvalue weighted by Gasteiger charge is -2.34. The largest absolute Gasteiger partial charge is 0.478 e. The molecule has 0 aliphatic carbocycles. The average molecular weight is 518 g/mol. The van der Waals surface area contributed by atoms with Gasteiger partial charge >= 0.3 is 5.97 Å².